The third kappa shape index (κ3) is 5.53. The van der Waals surface area contributed by atoms with Crippen LogP contribution in [0.15, 0.2) is 12.1 Å². The van der Waals surface area contributed by atoms with Gasteiger partial charge in [-0.25, -0.2) is 13.2 Å². The van der Waals surface area contributed by atoms with Crippen molar-refractivity contribution in [2.75, 3.05) is 11.9 Å². The minimum atomic E-state index is -1.68. The van der Waals surface area contributed by atoms with Gasteiger partial charge in [-0.3, -0.25) is 9.59 Å². The summed E-state index contributed by atoms with van der Waals surface area (Å²) in [6.45, 7) is 1.40. The van der Waals surface area contributed by atoms with Crippen molar-refractivity contribution in [3.05, 3.63) is 29.6 Å². The molecule has 0 aliphatic rings. The van der Waals surface area contributed by atoms with Gasteiger partial charge in [0.15, 0.2) is 17.5 Å². The maximum atomic E-state index is 13.3. The Balaban J connectivity index is 0.00000441. The van der Waals surface area contributed by atoms with E-state index in [1.165, 1.54) is 0 Å². The number of halogens is 4. The van der Waals surface area contributed by atoms with E-state index < -0.39 is 47.5 Å². The van der Waals surface area contributed by atoms with Gasteiger partial charge in [0.25, 0.3) is 0 Å². The molecule has 0 aromatic heterocycles. The van der Waals surface area contributed by atoms with Gasteiger partial charge in [0.2, 0.25) is 11.8 Å². The molecule has 0 fully saturated rings. The summed E-state index contributed by atoms with van der Waals surface area (Å²) in [5.74, 6) is -5.83. The Labute approximate surface area is 131 Å². The minimum Gasteiger partial charge on any atom is -0.346 e. The highest BCUT2D eigenvalue weighted by Gasteiger charge is 2.16. The summed E-state index contributed by atoms with van der Waals surface area (Å²) < 4.78 is 39.0. The third-order valence-corrected chi connectivity index (χ3v) is 2.67. The fourth-order valence-electron chi connectivity index (χ4n) is 1.56. The van der Waals surface area contributed by atoms with Gasteiger partial charge >= 0.3 is 0 Å². The first kappa shape index (κ1) is 20.2. The number of anilines is 1. The summed E-state index contributed by atoms with van der Waals surface area (Å²) >= 11 is 0. The van der Waals surface area contributed by atoms with Crippen molar-refractivity contribution >= 4 is 29.9 Å². The normalized spacial score (nSPS) is 11.3. The highest BCUT2D eigenvalue weighted by atomic mass is 35.5. The highest BCUT2D eigenvalue weighted by Crippen LogP contribution is 2.19. The van der Waals surface area contributed by atoms with Crippen molar-refractivity contribution in [3.63, 3.8) is 0 Å². The predicted molar refractivity (Wildman–Crippen MR) is 78.1 cm³/mol. The van der Waals surface area contributed by atoms with E-state index in [9.17, 15) is 22.8 Å². The first-order chi connectivity index (χ1) is 9.86. The summed E-state index contributed by atoms with van der Waals surface area (Å²) in [4.78, 5) is 23.0. The molecule has 0 bridgehead atoms. The van der Waals surface area contributed by atoms with E-state index in [1.807, 2.05) is 12.2 Å². The monoisotopic (exact) mass is 339 g/mol. The average molecular weight is 340 g/mol. The van der Waals surface area contributed by atoms with E-state index in [1.54, 1.807) is 0 Å². The van der Waals surface area contributed by atoms with Crippen LogP contribution in [-0.4, -0.2) is 24.4 Å². The number of hydrogen-bond acceptors (Lipinski definition) is 3. The van der Waals surface area contributed by atoms with Crippen molar-refractivity contribution in [3.8, 4) is 0 Å². The SMILES string of the molecule is CCCC(N)C(=O)NCC(=O)Nc1ccc(F)c(F)c1F.Cl. The summed E-state index contributed by atoms with van der Waals surface area (Å²) in [6, 6.07) is 0.836. The van der Waals surface area contributed by atoms with Crippen molar-refractivity contribution in [1.82, 2.24) is 5.32 Å². The Morgan fingerprint density at radius 3 is 2.45 bits per heavy atom. The van der Waals surface area contributed by atoms with Crippen LogP contribution < -0.4 is 16.4 Å². The minimum absolute atomic E-state index is 0. The summed E-state index contributed by atoms with van der Waals surface area (Å²) in [6.07, 6.45) is 1.17. The molecule has 0 radical (unpaired) electrons. The first-order valence-electron chi connectivity index (χ1n) is 6.33. The standard InChI is InChI=1S/C13H16F3N3O2.ClH/c1-2-3-8(17)13(21)18-6-10(20)19-9-5-4-7(14)11(15)12(9)16;/h4-5,8H,2-3,6,17H2,1H3,(H,18,21)(H,19,20);1H. The molecular formula is C13H17ClF3N3O2. The largest absolute Gasteiger partial charge is 0.346 e. The van der Waals surface area contributed by atoms with Gasteiger partial charge in [0.05, 0.1) is 18.3 Å². The quantitative estimate of drug-likeness (QED) is 0.690. The van der Waals surface area contributed by atoms with E-state index in [2.05, 4.69) is 5.32 Å². The van der Waals surface area contributed by atoms with Crippen LogP contribution >= 0.6 is 12.4 Å². The summed E-state index contributed by atoms with van der Waals surface area (Å²) in [5, 5.41) is 4.29. The second kappa shape index (κ2) is 9.26. The third-order valence-electron chi connectivity index (χ3n) is 2.67. The molecule has 1 rings (SSSR count). The molecule has 0 spiro atoms. The Bertz CT molecular complexity index is 544. The highest BCUT2D eigenvalue weighted by molar-refractivity contribution is 5.95. The zero-order chi connectivity index (χ0) is 16.0. The molecule has 1 atom stereocenters. The van der Waals surface area contributed by atoms with Crippen LogP contribution in [0.3, 0.4) is 0 Å². The summed E-state index contributed by atoms with van der Waals surface area (Å²) in [5.41, 5.74) is 5.02. The molecule has 0 aliphatic heterocycles. The molecule has 1 aromatic rings. The van der Waals surface area contributed by atoms with Gasteiger partial charge in [0, 0.05) is 0 Å². The second-order valence-electron chi connectivity index (χ2n) is 4.38. The average Bonchev–Trinajstić information content (AvgIpc) is 2.45. The van der Waals surface area contributed by atoms with Crippen LogP contribution in [0.4, 0.5) is 18.9 Å². The molecule has 0 saturated heterocycles. The van der Waals surface area contributed by atoms with Crippen molar-refractivity contribution in [2.45, 2.75) is 25.8 Å². The molecule has 1 aromatic carbocycles. The fourth-order valence-corrected chi connectivity index (χ4v) is 1.56. The van der Waals surface area contributed by atoms with E-state index in [4.69, 9.17) is 5.73 Å². The van der Waals surface area contributed by atoms with Gasteiger partial charge < -0.3 is 16.4 Å². The molecule has 22 heavy (non-hydrogen) atoms. The van der Waals surface area contributed by atoms with E-state index in [0.29, 0.717) is 18.9 Å². The molecule has 9 heteroatoms. The number of nitrogens with one attached hydrogen (secondary N) is 2. The lowest BCUT2D eigenvalue weighted by molar-refractivity contribution is -0.125. The molecule has 2 amide bonds. The molecule has 0 heterocycles. The van der Waals surface area contributed by atoms with E-state index in [-0.39, 0.29) is 12.4 Å². The van der Waals surface area contributed by atoms with Gasteiger partial charge in [-0.05, 0) is 18.6 Å². The van der Waals surface area contributed by atoms with Crippen LogP contribution in [-0.2, 0) is 9.59 Å². The zero-order valence-corrected chi connectivity index (χ0v) is 12.6. The lowest BCUT2D eigenvalue weighted by Crippen LogP contribution is -2.43. The van der Waals surface area contributed by atoms with Crippen LogP contribution in [0.25, 0.3) is 0 Å². The number of rotatable bonds is 6. The molecule has 124 valence electrons. The maximum absolute atomic E-state index is 13.3. The number of carbonyl (C=O) groups is 2. The zero-order valence-electron chi connectivity index (χ0n) is 11.8. The van der Waals surface area contributed by atoms with Crippen molar-refractivity contribution in [2.24, 2.45) is 5.73 Å². The topological polar surface area (TPSA) is 84.2 Å². The number of amides is 2. The molecule has 4 N–H and O–H groups in total. The van der Waals surface area contributed by atoms with Crippen molar-refractivity contribution < 1.29 is 22.8 Å². The van der Waals surface area contributed by atoms with Gasteiger partial charge in [-0.1, -0.05) is 13.3 Å². The summed E-state index contributed by atoms with van der Waals surface area (Å²) in [7, 11) is 0. The number of carbonyl (C=O) groups excluding carboxylic acids is 2. The Morgan fingerprint density at radius 2 is 1.86 bits per heavy atom. The van der Waals surface area contributed by atoms with E-state index >= 15 is 0 Å². The van der Waals surface area contributed by atoms with Crippen molar-refractivity contribution in [1.29, 1.82) is 0 Å². The van der Waals surface area contributed by atoms with Gasteiger partial charge in [-0.2, -0.15) is 0 Å². The van der Waals surface area contributed by atoms with Gasteiger partial charge in [-0.15, -0.1) is 12.4 Å². The first-order valence-corrected chi connectivity index (χ1v) is 6.33. The Kier molecular flexibility index (Phi) is 8.51. The van der Waals surface area contributed by atoms with Crippen LogP contribution in [0.2, 0.25) is 0 Å². The van der Waals surface area contributed by atoms with E-state index in [0.717, 1.165) is 6.07 Å². The fraction of sp³-hybridized carbons (Fsp3) is 0.385. The molecule has 5 nitrogen and oxygen atoms in total. The second-order valence-corrected chi connectivity index (χ2v) is 4.38. The number of hydrogen-bond donors (Lipinski definition) is 3. The maximum Gasteiger partial charge on any atom is 0.243 e. The number of benzene rings is 1. The molecular weight excluding hydrogens is 323 g/mol. The predicted octanol–water partition coefficient (Wildman–Crippen LogP) is 1.71. The molecule has 0 saturated carbocycles. The van der Waals surface area contributed by atoms with Crippen LogP contribution in [0, 0.1) is 17.5 Å². The Morgan fingerprint density at radius 1 is 1.23 bits per heavy atom. The lowest BCUT2D eigenvalue weighted by Gasteiger charge is -2.11. The lowest BCUT2D eigenvalue weighted by atomic mass is 10.2. The van der Waals surface area contributed by atoms with Gasteiger partial charge in [0.1, 0.15) is 0 Å². The molecule has 1 unspecified atom stereocenters. The van der Waals surface area contributed by atoms with Crippen LogP contribution in [0.1, 0.15) is 19.8 Å². The Hall–Kier alpha value is -1.80. The van der Waals surface area contributed by atoms with Crippen LogP contribution in [0.5, 0.6) is 0 Å². The number of nitrogens with two attached hydrogens (primary N) is 1. The smallest absolute Gasteiger partial charge is 0.243 e. The molecule has 0 aliphatic carbocycles.